The smallest absolute Gasteiger partial charge is 0.227 e. The second-order valence-corrected chi connectivity index (χ2v) is 36.1. The minimum absolute atomic E-state index is 0.0830. The van der Waals surface area contributed by atoms with Crippen LogP contribution in [0.15, 0.2) is 290 Å². The van der Waals surface area contributed by atoms with E-state index in [1.54, 1.807) is 12.4 Å². The van der Waals surface area contributed by atoms with Crippen molar-refractivity contribution in [2.24, 2.45) is 0 Å². The molecule has 21 aromatic rings. The summed E-state index contributed by atoms with van der Waals surface area (Å²) in [6.45, 7) is 31.5. The summed E-state index contributed by atoms with van der Waals surface area (Å²) in [5.74, 6) is 3.67. The first-order valence-electron chi connectivity index (χ1n) is 46.2. The van der Waals surface area contributed by atoms with E-state index < -0.39 is 0 Å². The molecule has 24 heteroatoms. The minimum atomic E-state index is 0.0830. The lowest BCUT2D eigenvalue weighted by molar-refractivity contribution is 0.646. The number of aryl methyl sites for hydroxylation is 10. The van der Waals surface area contributed by atoms with Crippen molar-refractivity contribution in [3.63, 3.8) is 0 Å². The van der Waals surface area contributed by atoms with Crippen molar-refractivity contribution in [1.82, 2.24) is 44.9 Å². The molecule has 0 bridgehead atoms. The number of rotatable bonds is 7. The number of fused-ring (bicyclic) bond motifs is 19. The molecule has 18 heterocycles. The molecule has 5 aliphatic heterocycles. The summed E-state index contributed by atoms with van der Waals surface area (Å²) >= 11 is 0. The van der Waals surface area contributed by atoms with Crippen molar-refractivity contribution in [3.05, 3.63) is 324 Å². The summed E-state index contributed by atoms with van der Waals surface area (Å²) in [6, 6.07) is 79.9. The summed E-state index contributed by atoms with van der Waals surface area (Å²) in [5, 5.41) is 10.7. The zero-order chi connectivity index (χ0) is 93.7. The number of aromatic nitrogens is 9. The molecule has 676 valence electrons. The topological polar surface area (TPSA) is 214 Å². The Morgan fingerprint density at radius 2 is 0.522 bits per heavy atom. The van der Waals surface area contributed by atoms with Gasteiger partial charge in [-0.1, -0.05) is 109 Å². The molecule has 5 aliphatic rings. The summed E-state index contributed by atoms with van der Waals surface area (Å²) in [6.07, 6.45) is 12.0. The average molecular weight is 1800 g/mol. The van der Waals surface area contributed by atoms with Gasteiger partial charge in [-0.2, -0.15) is 0 Å². The van der Waals surface area contributed by atoms with Gasteiger partial charge in [0.2, 0.25) is 28.6 Å². The van der Waals surface area contributed by atoms with Gasteiger partial charge in [0.1, 0.15) is 30.8 Å². The van der Waals surface area contributed by atoms with E-state index in [0.717, 1.165) is 184 Å². The standard InChI is InChI=1S/C27H23N3O.C23H21N3O.2C21H20N4O.C20H19N5O/c1-17-13-15-21-22-16-14-18(2)28-27(22)31-26(21)25(17)30-19(3)29(20-9-5-4-6-10-20)23-11-7-8-12-24(23)30;1-15-9-11-19-20-12-10-16(2)24-23(20)27-22(19)21(15)26-14-13-25(17(26)3)18-7-5-4-6-8-18;1-12-7-9-15-16-10-8-13(2)23-21(16)26-19(15)18(12)25-14(3)24(4)20-17(25)6-5-11-22-20;1-12-7-9-15-16-10-8-13(2)23-21(16)26-19(15)18(12)25-14(3)24(4)17-6-5-11-22-20(17)25;1-11-5-7-14-15-8-6-12(2)23-20(15)26-17(14)16(11)25-13(3)24(4)18-19(25)22-10-9-21-18/h4-16,19H,1-3H3;4-14,17H,1-3H3;2*5-11,14H,1-4H3;5-10,13H,1-4H3. The van der Waals surface area contributed by atoms with E-state index in [4.69, 9.17) is 22.1 Å². The Morgan fingerprint density at radius 1 is 0.221 bits per heavy atom. The lowest BCUT2D eigenvalue weighted by Crippen LogP contribution is -2.36. The molecule has 8 aromatic carbocycles. The first-order valence-corrected chi connectivity index (χ1v) is 46.2. The van der Waals surface area contributed by atoms with Gasteiger partial charge in [0.25, 0.3) is 0 Å². The number of pyridine rings is 7. The molecule has 0 saturated carbocycles. The number of furan rings is 5. The maximum absolute atomic E-state index is 6.39. The van der Waals surface area contributed by atoms with Crippen LogP contribution >= 0.6 is 0 Å². The minimum Gasteiger partial charge on any atom is -0.435 e. The van der Waals surface area contributed by atoms with Gasteiger partial charge < -0.3 is 66.2 Å². The number of para-hydroxylation sites is 4. The summed E-state index contributed by atoms with van der Waals surface area (Å²) < 4.78 is 31.4. The number of nitrogens with zero attached hydrogens (tertiary/aromatic N) is 19. The zero-order valence-electron chi connectivity index (χ0n) is 79.3. The predicted octanol–water partition coefficient (Wildman–Crippen LogP) is 27.2. The molecular weight excluding hydrogens is 1690 g/mol. The van der Waals surface area contributed by atoms with Gasteiger partial charge in [0.05, 0.1) is 51.2 Å². The van der Waals surface area contributed by atoms with Crippen molar-refractivity contribution in [2.45, 2.75) is 135 Å². The number of anilines is 15. The Bertz CT molecular complexity index is 7910. The van der Waals surface area contributed by atoms with Gasteiger partial charge in [0.15, 0.2) is 51.2 Å². The Hall–Kier alpha value is -16.4. The quantitative estimate of drug-likeness (QED) is 0.145. The zero-order valence-corrected chi connectivity index (χ0v) is 79.3. The van der Waals surface area contributed by atoms with Gasteiger partial charge in [-0.25, -0.2) is 44.9 Å². The van der Waals surface area contributed by atoms with Crippen LogP contribution in [0.5, 0.6) is 0 Å². The van der Waals surface area contributed by atoms with Crippen LogP contribution in [0.2, 0.25) is 0 Å². The molecule has 0 saturated heterocycles. The molecular formula is C112H103N19O5. The first-order chi connectivity index (χ1) is 65.9. The van der Waals surface area contributed by atoms with Crippen LogP contribution in [0.4, 0.5) is 85.8 Å². The Kier molecular flexibility index (Phi) is 20.9. The van der Waals surface area contributed by atoms with Crippen LogP contribution in [0, 0.1) is 69.2 Å². The van der Waals surface area contributed by atoms with Crippen molar-refractivity contribution in [3.8, 4) is 0 Å². The van der Waals surface area contributed by atoms with Crippen LogP contribution in [-0.4, -0.2) is 96.8 Å². The van der Waals surface area contributed by atoms with E-state index in [-0.39, 0.29) is 30.8 Å². The molecule has 0 aliphatic carbocycles. The normalized spacial score (nSPS) is 16.5. The summed E-state index contributed by atoms with van der Waals surface area (Å²) in [5.41, 5.74) is 30.8. The van der Waals surface area contributed by atoms with Crippen LogP contribution < -0.4 is 49.0 Å². The fourth-order valence-electron chi connectivity index (χ4n) is 20.3. The highest BCUT2D eigenvalue weighted by molar-refractivity contribution is 6.15. The van der Waals surface area contributed by atoms with Crippen molar-refractivity contribution in [1.29, 1.82) is 0 Å². The summed E-state index contributed by atoms with van der Waals surface area (Å²) in [7, 11) is 6.22. The molecule has 0 fully saturated rings. The first kappa shape index (κ1) is 85.1. The highest BCUT2D eigenvalue weighted by Crippen LogP contribution is 2.55. The average Bonchev–Trinajstić information content (AvgIpc) is 1.58. The molecule has 0 radical (unpaired) electrons. The molecule has 26 rings (SSSR count). The largest absolute Gasteiger partial charge is 0.435 e. The maximum Gasteiger partial charge on any atom is 0.227 e. The fourth-order valence-corrected chi connectivity index (χ4v) is 20.3. The number of hydrogen-bond donors (Lipinski definition) is 0. The monoisotopic (exact) mass is 1790 g/mol. The van der Waals surface area contributed by atoms with Crippen LogP contribution in [-0.2, 0) is 0 Å². The number of benzene rings is 8. The molecule has 13 aromatic heterocycles. The molecule has 0 amide bonds. The van der Waals surface area contributed by atoms with Crippen LogP contribution in [0.1, 0.15) is 90.9 Å². The van der Waals surface area contributed by atoms with Gasteiger partial charge in [-0.05, 0) is 253 Å². The predicted molar refractivity (Wildman–Crippen MR) is 552 cm³/mol. The van der Waals surface area contributed by atoms with Crippen LogP contribution in [0.3, 0.4) is 0 Å². The van der Waals surface area contributed by atoms with E-state index >= 15 is 0 Å². The Balaban J connectivity index is 0.0000000987. The Labute approximate surface area is 787 Å². The lowest BCUT2D eigenvalue weighted by Gasteiger charge is -2.31. The van der Waals surface area contributed by atoms with Crippen LogP contribution in [0.25, 0.3) is 110 Å². The SMILES string of the molecule is Cc1ccc2c(n1)oc1c(N3C=CN(c4ccccc4)C3C)c(C)ccc12.Cc1ccc2c(n1)oc1c(N3c4ccccc4N(c4ccccc4)C3C)c(C)ccc12.Cc1ccc2c(n1)oc1c(N3c4cccnc4N(C)C3C)c(C)ccc12.Cc1ccc2c(n1)oc1c(N3c4ncccc4N(C)C3C)c(C)ccc12.Cc1ccc2c(n1)oc1c(N3c4nccnc4N(C)C3C)c(C)ccc12. The van der Waals surface area contributed by atoms with Gasteiger partial charge in [-0.3, -0.25) is 4.90 Å². The third-order valence-electron chi connectivity index (χ3n) is 27.5. The van der Waals surface area contributed by atoms with Crippen molar-refractivity contribution >= 4 is 196 Å². The Morgan fingerprint density at radius 3 is 0.956 bits per heavy atom. The van der Waals surface area contributed by atoms with Gasteiger partial charge >= 0.3 is 0 Å². The molecule has 5 atom stereocenters. The molecule has 136 heavy (non-hydrogen) atoms. The lowest BCUT2D eigenvalue weighted by atomic mass is 10.1. The van der Waals surface area contributed by atoms with Crippen molar-refractivity contribution < 1.29 is 22.1 Å². The fraction of sp³-hybridized carbons (Fsp3) is 0.205. The highest BCUT2D eigenvalue weighted by atomic mass is 16.4. The second kappa shape index (κ2) is 33.4. The van der Waals surface area contributed by atoms with Gasteiger partial charge in [-0.15, -0.1) is 0 Å². The van der Waals surface area contributed by atoms with Crippen molar-refractivity contribution in [2.75, 3.05) is 70.1 Å². The number of hydrogen-bond acceptors (Lipinski definition) is 24. The second-order valence-electron chi connectivity index (χ2n) is 36.1. The molecule has 24 nitrogen and oxygen atoms in total. The van der Waals surface area contributed by atoms with Gasteiger partial charge in [0, 0.05) is 152 Å². The molecule has 0 N–H and O–H groups in total. The van der Waals surface area contributed by atoms with E-state index in [1.807, 2.05) is 103 Å². The van der Waals surface area contributed by atoms with E-state index in [1.165, 1.54) is 39.4 Å². The molecule has 0 spiro atoms. The van der Waals surface area contributed by atoms with E-state index in [0.29, 0.717) is 28.6 Å². The molecule has 5 unspecified atom stereocenters. The highest BCUT2D eigenvalue weighted by Gasteiger charge is 2.42. The third kappa shape index (κ3) is 14.0. The van der Waals surface area contributed by atoms with E-state index in [9.17, 15) is 0 Å². The summed E-state index contributed by atoms with van der Waals surface area (Å²) in [4.78, 5) is 64.0. The maximum atomic E-state index is 6.39. The van der Waals surface area contributed by atoms with E-state index in [2.05, 4.69) is 372 Å². The third-order valence-corrected chi connectivity index (χ3v) is 27.5.